The average Bonchev–Trinajstić information content (AvgIpc) is 3.36. The number of piperidine rings is 1. The summed E-state index contributed by atoms with van der Waals surface area (Å²) >= 11 is 6.74. The second kappa shape index (κ2) is 7.72. The highest BCUT2D eigenvalue weighted by molar-refractivity contribution is 6.38. The van der Waals surface area contributed by atoms with Crippen molar-refractivity contribution in [3.8, 4) is 17.1 Å². The van der Waals surface area contributed by atoms with Crippen LogP contribution in [0.4, 0.5) is 5.82 Å². The van der Waals surface area contributed by atoms with Crippen molar-refractivity contribution in [2.24, 2.45) is 5.73 Å². The fraction of sp³-hybridized carbons (Fsp3) is 0.435. The largest absolute Gasteiger partial charge is 0.480 e. The fourth-order valence-corrected chi connectivity index (χ4v) is 5.85. The molecule has 0 saturated carbocycles. The van der Waals surface area contributed by atoms with Crippen LogP contribution in [0.1, 0.15) is 38.3 Å². The van der Waals surface area contributed by atoms with Crippen molar-refractivity contribution in [3.05, 3.63) is 29.0 Å². The molecule has 0 aliphatic carbocycles. The lowest BCUT2D eigenvalue weighted by molar-refractivity contribution is 0.273. The van der Waals surface area contributed by atoms with Gasteiger partial charge in [0.1, 0.15) is 16.7 Å². The van der Waals surface area contributed by atoms with Crippen molar-refractivity contribution in [2.45, 2.75) is 56.8 Å². The van der Waals surface area contributed by atoms with E-state index in [-0.39, 0.29) is 24.2 Å². The van der Waals surface area contributed by atoms with Gasteiger partial charge in [0.25, 0.3) is 0 Å². The maximum atomic E-state index is 10.2. The minimum atomic E-state index is -0.229. The van der Waals surface area contributed by atoms with Gasteiger partial charge in [-0.1, -0.05) is 11.6 Å². The molecule has 11 heteroatoms. The zero-order valence-electron chi connectivity index (χ0n) is 18.9. The van der Waals surface area contributed by atoms with Crippen molar-refractivity contribution in [2.75, 3.05) is 12.0 Å². The van der Waals surface area contributed by atoms with Gasteiger partial charge < -0.3 is 20.5 Å². The molecule has 5 heterocycles. The number of benzene rings is 1. The second-order valence-electron chi connectivity index (χ2n) is 9.48. The number of aromatic amines is 1. The average molecular weight is 481 g/mol. The molecule has 1 unspecified atom stereocenters. The summed E-state index contributed by atoms with van der Waals surface area (Å²) in [5, 5.41) is 18.1. The van der Waals surface area contributed by atoms with E-state index in [0.717, 1.165) is 25.7 Å². The lowest BCUT2D eigenvalue weighted by atomic mass is 9.85. The standard InChI is InChI=1S/C23H25ClN8O2/c1-23(25)7-11-3-4-12(8-23)32(11)22-15(10-33)27-20-18(30-31-21(20)29-22)13-5-6-14-19(17(13)24)28-16(34-2)9-26-14/h5-6,9,11-12,33H,3-4,7-8,10,25H2,1-2H3,(H,29,30,31)/t11-,12+,23?. The minimum Gasteiger partial charge on any atom is -0.480 e. The summed E-state index contributed by atoms with van der Waals surface area (Å²) in [7, 11) is 1.53. The molecule has 10 nitrogen and oxygen atoms in total. The Labute approximate surface area is 200 Å². The molecule has 34 heavy (non-hydrogen) atoms. The number of ether oxygens (including phenoxy) is 1. The SMILES string of the molecule is COc1cnc2ccc(-c3[nH]nc4nc(N5[C@@H]6CC[C@H]5CC(C)(N)C6)c(CO)nc34)c(Cl)c2n1. The number of methoxy groups -OCH3 is 1. The van der Waals surface area contributed by atoms with Crippen LogP contribution in [-0.4, -0.2) is 60.0 Å². The third kappa shape index (κ3) is 3.28. The molecule has 0 radical (unpaired) electrons. The van der Waals surface area contributed by atoms with Gasteiger partial charge in [0.2, 0.25) is 11.5 Å². The summed E-state index contributed by atoms with van der Waals surface area (Å²) in [5.74, 6) is 1.06. The molecule has 4 N–H and O–H groups in total. The molecule has 3 aromatic heterocycles. The molecule has 2 fully saturated rings. The lowest BCUT2D eigenvalue weighted by Gasteiger charge is -2.44. The van der Waals surface area contributed by atoms with Crippen molar-refractivity contribution < 1.29 is 9.84 Å². The van der Waals surface area contributed by atoms with Crippen molar-refractivity contribution >= 4 is 39.6 Å². The number of aliphatic hydroxyl groups excluding tert-OH is 1. The zero-order valence-corrected chi connectivity index (χ0v) is 19.7. The molecule has 1 aromatic carbocycles. The summed E-state index contributed by atoms with van der Waals surface area (Å²) < 4.78 is 5.20. The van der Waals surface area contributed by atoms with E-state index < -0.39 is 0 Å². The Hall–Kier alpha value is -3.08. The fourth-order valence-electron chi connectivity index (χ4n) is 5.55. The molecule has 6 rings (SSSR count). The number of aromatic nitrogens is 6. The zero-order chi connectivity index (χ0) is 23.6. The van der Waals surface area contributed by atoms with E-state index in [2.05, 4.69) is 32.0 Å². The van der Waals surface area contributed by atoms with Crippen LogP contribution in [0, 0.1) is 0 Å². The van der Waals surface area contributed by atoms with E-state index in [1.165, 1.54) is 7.11 Å². The molecule has 4 aromatic rings. The highest BCUT2D eigenvalue weighted by Gasteiger charge is 2.45. The first-order chi connectivity index (χ1) is 16.4. The number of rotatable bonds is 4. The van der Waals surface area contributed by atoms with Crippen LogP contribution in [0.5, 0.6) is 5.88 Å². The molecule has 2 bridgehead atoms. The van der Waals surface area contributed by atoms with Gasteiger partial charge in [-0.05, 0) is 44.7 Å². The number of hydrogen-bond acceptors (Lipinski definition) is 9. The highest BCUT2D eigenvalue weighted by atomic mass is 35.5. The van der Waals surface area contributed by atoms with Crippen LogP contribution in [0.15, 0.2) is 18.3 Å². The topological polar surface area (TPSA) is 139 Å². The molecular weight excluding hydrogens is 456 g/mol. The summed E-state index contributed by atoms with van der Waals surface area (Å²) in [6.07, 6.45) is 5.44. The number of aliphatic hydroxyl groups is 1. The Kier molecular flexibility index (Phi) is 4.87. The first kappa shape index (κ1) is 21.5. The van der Waals surface area contributed by atoms with E-state index in [1.807, 2.05) is 12.1 Å². The van der Waals surface area contributed by atoms with Gasteiger partial charge in [0, 0.05) is 23.2 Å². The first-order valence-electron chi connectivity index (χ1n) is 11.3. The van der Waals surface area contributed by atoms with Crippen molar-refractivity contribution in [3.63, 3.8) is 0 Å². The number of anilines is 1. The normalized spacial score (nSPS) is 24.3. The van der Waals surface area contributed by atoms with Crippen LogP contribution in [0.2, 0.25) is 5.02 Å². The third-order valence-electron chi connectivity index (χ3n) is 6.97. The molecule has 0 amide bonds. The van der Waals surface area contributed by atoms with Crippen molar-refractivity contribution in [1.82, 2.24) is 30.1 Å². The Morgan fingerprint density at radius 1 is 1.21 bits per heavy atom. The van der Waals surface area contributed by atoms with E-state index in [4.69, 9.17) is 32.0 Å². The van der Waals surface area contributed by atoms with Crippen LogP contribution in [0.3, 0.4) is 0 Å². The predicted molar refractivity (Wildman–Crippen MR) is 129 cm³/mol. The first-order valence-corrected chi connectivity index (χ1v) is 11.7. The van der Waals surface area contributed by atoms with E-state index in [1.54, 1.807) is 6.20 Å². The predicted octanol–water partition coefficient (Wildman–Crippen LogP) is 2.97. The number of nitrogens with two attached hydrogens (primary N) is 1. The Morgan fingerprint density at radius 2 is 1.97 bits per heavy atom. The molecule has 2 saturated heterocycles. The van der Waals surface area contributed by atoms with Crippen LogP contribution in [-0.2, 0) is 6.61 Å². The second-order valence-corrected chi connectivity index (χ2v) is 9.86. The van der Waals surface area contributed by atoms with Crippen LogP contribution >= 0.6 is 11.6 Å². The van der Waals surface area contributed by atoms with Gasteiger partial charge in [-0.2, -0.15) is 5.10 Å². The van der Waals surface area contributed by atoms with Gasteiger partial charge in [-0.3, -0.25) is 5.10 Å². The molecule has 3 atom stereocenters. The molecule has 0 spiro atoms. The van der Waals surface area contributed by atoms with E-state index in [0.29, 0.717) is 55.9 Å². The van der Waals surface area contributed by atoms with Crippen LogP contribution < -0.4 is 15.4 Å². The molecule has 2 aliphatic rings. The summed E-state index contributed by atoms with van der Waals surface area (Å²) in [5.41, 5.74) is 10.3. The molecule has 176 valence electrons. The summed E-state index contributed by atoms with van der Waals surface area (Å²) in [6.45, 7) is 1.89. The number of H-pyrrole nitrogens is 1. The number of nitrogens with one attached hydrogen (secondary N) is 1. The number of halogens is 1. The minimum absolute atomic E-state index is 0.183. The Morgan fingerprint density at radius 3 is 2.68 bits per heavy atom. The third-order valence-corrected chi connectivity index (χ3v) is 7.35. The van der Waals surface area contributed by atoms with Gasteiger partial charge in [0.05, 0.1) is 36.1 Å². The summed E-state index contributed by atoms with van der Waals surface area (Å²) in [6, 6.07) is 4.25. The molecule has 2 aliphatic heterocycles. The maximum absolute atomic E-state index is 10.2. The number of nitrogens with zero attached hydrogens (tertiary/aromatic N) is 6. The highest BCUT2D eigenvalue weighted by Crippen LogP contribution is 2.43. The smallest absolute Gasteiger partial charge is 0.232 e. The van der Waals surface area contributed by atoms with Crippen LogP contribution in [0.25, 0.3) is 33.5 Å². The molecular formula is C23H25ClN8O2. The van der Waals surface area contributed by atoms with E-state index in [9.17, 15) is 5.11 Å². The monoisotopic (exact) mass is 480 g/mol. The van der Waals surface area contributed by atoms with Gasteiger partial charge >= 0.3 is 0 Å². The lowest BCUT2D eigenvalue weighted by Crippen LogP contribution is -2.54. The summed E-state index contributed by atoms with van der Waals surface area (Å²) in [4.78, 5) is 20.7. The van der Waals surface area contributed by atoms with Gasteiger partial charge in [-0.15, -0.1) is 0 Å². The number of fused-ring (bicyclic) bond motifs is 4. The van der Waals surface area contributed by atoms with E-state index >= 15 is 0 Å². The van der Waals surface area contributed by atoms with Gasteiger partial charge in [0.15, 0.2) is 5.82 Å². The Balaban J connectivity index is 1.47. The maximum Gasteiger partial charge on any atom is 0.232 e. The van der Waals surface area contributed by atoms with Gasteiger partial charge in [-0.25, -0.2) is 19.9 Å². The Bertz CT molecular complexity index is 1410. The quantitative estimate of drug-likeness (QED) is 0.402. The number of hydrogen-bond donors (Lipinski definition) is 3. The van der Waals surface area contributed by atoms with Crippen molar-refractivity contribution in [1.29, 1.82) is 0 Å².